The van der Waals surface area contributed by atoms with Gasteiger partial charge in [0, 0.05) is 14.5 Å². The second-order valence-electron chi connectivity index (χ2n) is 4.58. The minimum Gasteiger partial charge on any atom is -0.507 e. The number of aromatic hydroxyl groups is 1. The third-order valence-electron chi connectivity index (χ3n) is 2.87. The summed E-state index contributed by atoms with van der Waals surface area (Å²) in [4.78, 5) is 11.8. The van der Waals surface area contributed by atoms with E-state index in [1.807, 2.05) is 0 Å². The monoisotopic (exact) mass is 456 g/mol. The fourth-order valence-corrected chi connectivity index (χ4v) is 2.46. The Hall–Kier alpha value is -2.06. The van der Waals surface area contributed by atoms with Gasteiger partial charge in [-0.05, 0) is 36.4 Å². The zero-order chi connectivity index (χ0) is 17.5. The van der Waals surface area contributed by atoms with Gasteiger partial charge in [0.2, 0.25) is 0 Å². The number of benzene rings is 2. The Balaban J connectivity index is 1.90. The minimum absolute atomic E-state index is 0.0621. The first-order valence-electron chi connectivity index (χ1n) is 6.76. The summed E-state index contributed by atoms with van der Waals surface area (Å²) in [5.74, 6) is 0.585. The van der Waals surface area contributed by atoms with Gasteiger partial charge in [-0.3, -0.25) is 4.79 Å². The van der Waals surface area contributed by atoms with Crippen LogP contribution in [-0.2, 0) is 4.79 Å². The Labute approximate surface area is 155 Å². The number of carbonyl (C=O) groups is 1. The van der Waals surface area contributed by atoms with Crippen molar-refractivity contribution < 1.29 is 19.4 Å². The molecule has 0 unspecified atom stereocenters. The summed E-state index contributed by atoms with van der Waals surface area (Å²) in [7, 11) is 1.52. The number of nitrogens with zero attached hydrogens (tertiary/aromatic N) is 1. The molecule has 2 aromatic rings. The Morgan fingerprint density at radius 2 is 1.92 bits per heavy atom. The number of rotatable bonds is 6. The van der Waals surface area contributed by atoms with Gasteiger partial charge in [-0.2, -0.15) is 5.10 Å². The summed E-state index contributed by atoms with van der Waals surface area (Å²) in [5, 5.41) is 13.5. The molecule has 0 saturated carbocycles. The fraction of sp³-hybridized carbons (Fsp3) is 0.125. The molecule has 0 radical (unpaired) electrons. The maximum absolute atomic E-state index is 11.8. The first-order valence-corrected chi connectivity index (χ1v) is 8.35. The summed E-state index contributed by atoms with van der Waals surface area (Å²) >= 11 is 6.62. The lowest BCUT2D eigenvalue weighted by Gasteiger charge is -2.10. The van der Waals surface area contributed by atoms with E-state index in [1.54, 1.807) is 30.3 Å². The Morgan fingerprint density at radius 3 is 2.67 bits per heavy atom. The van der Waals surface area contributed by atoms with Gasteiger partial charge in [0.1, 0.15) is 5.75 Å². The van der Waals surface area contributed by atoms with Gasteiger partial charge in [0.05, 0.1) is 13.3 Å². The molecule has 6 nitrogen and oxygen atoms in total. The SMILES string of the molecule is COc1cc(Br)ccc1OCC(=O)N/N=C/c1cc(Br)ccc1O. The molecule has 0 aromatic heterocycles. The van der Waals surface area contributed by atoms with E-state index in [2.05, 4.69) is 42.4 Å². The highest BCUT2D eigenvalue weighted by Crippen LogP contribution is 2.30. The zero-order valence-corrected chi connectivity index (χ0v) is 15.8. The lowest BCUT2D eigenvalue weighted by atomic mass is 10.2. The van der Waals surface area contributed by atoms with Crippen LogP contribution >= 0.6 is 31.9 Å². The molecule has 0 spiro atoms. The number of ether oxygens (including phenoxy) is 2. The smallest absolute Gasteiger partial charge is 0.277 e. The van der Waals surface area contributed by atoms with Crippen molar-refractivity contribution in [2.45, 2.75) is 0 Å². The molecule has 0 heterocycles. The lowest BCUT2D eigenvalue weighted by Crippen LogP contribution is -2.24. The van der Waals surface area contributed by atoms with E-state index in [4.69, 9.17) is 9.47 Å². The van der Waals surface area contributed by atoms with Gasteiger partial charge in [0.15, 0.2) is 18.1 Å². The van der Waals surface area contributed by atoms with Gasteiger partial charge in [-0.15, -0.1) is 0 Å². The van der Waals surface area contributed by atoms with E-state index < -0.39 is 5.91 Å². The van der Waals surface area contributed by atoms with Crippen molar-refractivity contribution in [2.24, 2.45) is 5.10 Å². The summed E-state index contributed by atoms with van der Waals surface area (Å²) in [6, 6.07) is 10.1. The molecule has 0 bridgehead atoms. The molecular weight excluding hydrogens is 444 g/mol. The van der Waals surface area contributed by atoms with Crippen molar-refractivity contribution in [3.05, 3.63) is 50.9 Å². The number of carbonyl (C=O) groups excluding carboxylic acids is 1. The highest BCUT2D eigenvalue weighted by atomic mass is 79.9. The van der Waals surface area contributed by atoms with Crippen molar-refractivity contribution in [3.8, 4) is 17.2 Å². The topological polar surface area (TPSA) is 80.2 Å². The van der Waals surface area contributed by atoms with Crippen LogP contribution in [0.1, 0.15) is 5.56 Å². The highest BCUT2D eigenvalue weighted by molar-refractivity contribution is 9.10. The first kappa shape index (κ1) is 18.3. The summed E-state index contributed by atoms with van der Waals surface area (Å²) in [6.45, 7) is -0.222. The van der Waals surface area contributed by atoms with Crippen molar-refractivity contribution >= 4 is 44.0 Å². The second kappa shape index (κ2) is 8.70. The van der Waals surface area contributed by atoms with E-state index in [-0.39, 0.29) is 12.4 Å². The van der Waals surface area contributed by atoms with E-state index in [1.165, 1.54) is 19.4 Å². The number of hydrogen-bond acceptors (Lipinski definition) is 5. The first-order chi connectivity index (χ1) is 11.5. The Kier molecular flexibility index (Phi) is 6.62. The molecule has 0 aliphatic heterocycles. The van der Waals surface area contributed by atoms with Gasteiger partial charge in [0.25, 0.3) is 5.91 Å². The lowest BCUT2D eigenvalue weighted by molar-refractivity contribution is -0.123. The van der Waals surface area contributed by atoms with Crippen molar-refractivity contribution in [2.75, 3.05) is 13.7 Å². The Bertz CT molecular complexity index is 766. The molecule has 1 amide bonds. The van der Waals surface area contributed by atoms with Crippen LogP contribution in [0.4, 0.5) is 0 Å². The van der Waals surface area contributed by atoms with E-state index >= 15 is 0 Å². The number of hydrogen-bond donors (Lipinski definition) is 2. The molecule has 0 atom stereocenters. The number of methoxy groups -OCH3 is 1. The number of hydrazone groups is 1. The number of phenolic OH excluding ortho intramolecular Hbond substituents is 1. The van der Waals surface area contributed by atoms with Crippen LogP contribution in [0.3, 0.4) is 0 Å². The maximum Gasteiger partial charge on any atom is 0.277 e. The third-order valence-corrected chi connectivity index (χ3v) is 3.85. The molecule has 0 aliphatic rings. The normalized spacial score (nSPS) is 10.6. The number of phenols is 1. The molecule has 0 fully saturated rings. The average Bonchev–Trinajstić information content (AvgIpc) is 2.56. The standard InChI is InChI=1S/C16H14Br2N2O4/c1-23-15-7-12(18)3-5-14(15)24-9-16(22)20-19-8-10-6-11(17)2-4-13(10)21/h2-8,21H,9H2,1H3,(H,20,22)/b19-8+. The molecule has 2 N–H and O–H groups in total. The molecular formula is C16H14Br2N2O4. The van der Waals surface area contributed by atoms with Crippen LogP contribution in [0.25, 0.3) is 0 Å². The van der Waals surface area contributed by atoms with E-state index in [9.17, 15) is 9.90 Å². The van der Waals surface area contributed by atoms with Gasteiger partial charge < -0.3 is 14.6 Å². The number of nitrogens with one attached hydrogen (secondary N) is 1. The molecule has 24 heavy (non-hydrogen) atoms. The van der Waals surface area contributed by atoms with Gasteiger partial charge in [-0.25, -0.2) is 5.43 Å². The molecule has 2 aromatic carbocycles. The van der Waals surface area contributed by atoms with Crippen molar-refractivity contribution in [1.29, 1.82) is 0 Å². The maximum atomic E-state index is 11.8. The summed E-state index contributed by atoms with van der Waals surface area (Å²) < 4.78 is 12.2. The quantitative estimate of drug-likeness (QED) is 0.514. The predicted octanol–water partition coefficient (Wildman–Crippen LogP) is 3.45. The molecule has 0 aliphatic carbocycles. The van der Waals surface area contributed by atoms with Crippen molar-refractivity contribution in [1.82, 2.24) is 5.43 Å². The van der Waals surface area contributed by atoms with Crippen LogP contribution in [0.5, 0.6) is 17.2 Å². The van der Waals surface area contributed by atoms with E-state index in [0.717, 1.165) is 8.95 Å². The van der Waals surface area contributed by atoms with Crippen LogP contribution in [0.2, 0.25) is 0 Å². The van der Waals surface area contributed by atoms with Crippen LogP contribution < -0.4 is 14.9 Å². The number of amides is 1. The van der Waals surface area contributed by atoms with Gasteiger partial charge in [-0.1, -0.05) is 31.9 Å². The summed E-state index contributed by atoms with van der Waals surface area (Å²) in [6.07, 6.45) is 1.35. The van der Waals surface area contributed by atoms with Crippen LogP contribution in [0.15, 0.2) is 50.4 Å². The molecule has 126 valence electrons. The Morgan fingerprint density at radius 1 is 1.21 bits per heavy atom. The number of halogens is 2. The van der Waals surface area contributed by atoms with Crippen LogP contribution in [0, 0.1) is 0 Å². The largest absolute Gasteiger partial charge is 0.507 e. The highest BCUT2D eigenvalue weighted by Gasteiger charge is 2.07. The van der Waals surface area contributed by atoms with Crippen molar-refractivity contribution in [3.63, 3.8) is 0 Å². The zero-order valence-electron chi connectivity index (χ0n) is 12.6. The molecule has 8 heteroatoms. The molecule has 0 saturated heterocycles. The minimum atomic E-state index is -0.439. The van der Waals surface area contributed by atoms with Crippen LogP contribution in [-0.4, -0.2) is 30.9 Å². The summed E-state index contributed by atoms with van der Waals surface area (Å²) in [5.41, 5.74) is 2.80. The third kappa shape index (κ3) is 5.24. The molecule has 2 rings (SSSR count). The van der Waals surface area contributed by atoms with E-state index in [0.29, 0.717) is 17.1 Å². The second-order valence-corrected chi connectivity index (χ2v) is 6.41. The fourth-order valence-electron chi connectivity index (χ4n) is 1.74. The average molecular weight is 458 g/mol. The predicted molar refractivity (Wildman–Crippen MR) is 97.7 cm³/mol. The van der Waals surface area contributed by atoms with Gasteiger partial charge >= 0.3 is 0 Å².